The zero-order chi connectivity index (χ0) is 10.8. The van der Waals surface area contributed by atoms with Gasteiger partial charge in [0.2, 0.25) is 5.95 Å². The number of aromatic nitrogens is 4. The highest BCUT2D eigenvalue weighted by molar-refractivity contribution is 5.29. The van der Waals surface area contributed by atoms with Gasteiger partial charge >= 0.3 is 0 Å². The first-order valence-electron chi connectivity index (χ1n) is 4.91. The van der Waals surface area contributed by atoms with Gasteiger partial charge < -0.3 is 9.88 Å². The van der Waals surface area contributed by atoms with Crippen LogP contribution in [0.15, 0.2) is 12.4 Å². The summed E-state index contributed by atoms with van der Waals surface area (Å²) in [6.45, 7) is 4.80. The molecular formula is C10H15N5. The van der Waals surface area contributed by atoms with Crippen molar-refractivity contribution in [1.29, 1.82) is 0 Å². The van der Waals surface area contributed by atoms with E-state index >= 15 is 0 Å². The lowest BCUT2D eigenvalue weighted by Gasteiger charge is -2.05. The third kappa shape index (κ3) is 1.86. The van der Waals surface area contributed by atoms with Crippen molar-refractivity contribution in [2.75, 3.05) is 12.4 Å². The molecule has 0 radical (unpaired) electrons. The van der Waals surface area contributed by atoms with E-state index in [4.69, 9.17) is 0 Å². The van der Waals surface area contributed by atoms with E-state index in [1.54, 1.807) is 0 Å². The molecule has 0 saturated carbocycles. The molecule has 2 aromatic heterocycles. The summed E-state index contributed by atoms with van der Waals surface area (Å²) in [6.07, 6.45) is 3.88. The van der Waals surface area contributed by atoms with E-state index in [1.165, 1.54) is 5.56 Å². The molecule has 0 saturated heterocycles. The number of rotatable bonds is 3. The standard InChI is InChI=1S/C10H15N5/c1-7-5-15(10(11-3)13-7)6-9-4-12-14-8(9)2/h4-5H,6H2,1-3H3,(H,11,13)(H,12,14). The van der Waals surface area contributed by atoms with Crippen molar-refractivity contribution in [2.24, 2.45) is 0 Å². The first kappa shape index (κ1) is 9.76. The first-order valence-corrected chi connectivity index (χ1v) is 4.91. The Hall–Kier alpha value is -1.78. The summed E-state index contributed by atoms with van der Waals surface area (Å²) in [6, 6.07) is 0. The number of imidazole rings is 1. The quantitative estimate of drug-likeness (QED) is 0.794. The average Bonchev–Trinajstić information content (AvgIpc) is 2.75. The second kappa shape index (κ2) is 3.76. The monoisotopic (exact) mass is 205 g/mol. The molecule has 0 bridgehead atoms. The van der Waals surface area contributed by atoms with Crippen LogP contribution in [0.4, 0.5) is 5.95 Å². The van der Waals surface area contributed by atoms with Crippen molar-refractivity contribution in [3.63, 3.8) is 0 Å². The van der Waals surface area contributed by atoms with Crippen LogP contribution in [0.2, 0.25) is 0 Å². The summed E-state index contributed by atoms with van der Waals surface area (Å²) in [7, 11) is 1.88. The minimum Gasteiger partial charge on any atom is -0.359 e. The Bertz CT molecular complexity index is 454. The Kier molecular flexibility index (Phi) is 2.45. The molecule has 5 heteroatoms. The van der Waals surface area contributed by atoms with E-state index in [0.717, 1.165) is 23.9 Å². The number of H-pyrrole nitrogens is 1. The molecule has 5 nitrogen and oxygen atoms in total. The van der Waals surface area contributed by atoms with Gasteiger partial charge in [0.1, 0.15) is 0 Å². The molecule has 0 amide bonds. The number of hydrogen-bond donors (Lipinski definition) is 2. The molecule has 0 aliphatic carbocycles. The normalized spacial score (nSPS) is 10.6. The minimum absolute atomic E-state index is 0.791. The third-order valence-electron chi connectivity index (χ3n) is 2.40. The highest BCUT2D eigenvalue weighted by Gasteiger charge is 2.06. The molecule has 0 fully saturated rings. The molecule has 2 N–H and O–H groups in total. The lowest BCUT2D eigenvalue weighted by Crippen LogP contribution is -2.04. The number of nitrogens with one attached hydrogen (secondary N) is 2. The number of anilines is 1. The van der Waals surface area contributed by atoms with Crippen LogP contribution >= 0.6 is 0 Å². The molecule has 0 unspecified atom stereocenters. The lowest BCUT2D eigenvalue weighted by molar-refractivity contribution is 0.799. The molecule has 0 spiro atoms. The molecule has 0 aliphatic rings. The topological polar surface area (TPSA) is 58.5 Å². The van der Waals surface area contributed by atoms with E-state index in [2.05, 4.69) is 25.1 Å². The predicted octanol–water partition coefficient (Wildman–Crippen LogP) is 1.31. The van der Waals surface area contributed by atoms with Crippen LogP contribution in [0.25, 0.3) is 0 Å². The second-order valence-electron chi connectivity index (χ2n) is 3.60. The van der Waals surface area contributed by atoms with Gasteiger partial charge in [-0.2, -0.15) is 5.10 Å². The molecule has 0 aliphatic heterocycles. The van der Waals surface area contributed by atoms with Crippen molar-refractivity contribution < 1.29 is 0 Å². The number of aryl methyl sites for hydroxylation is 2. The summed E-state index contributed by atoms with van der Waals surface area (Å²) in [5.41, 5.74) is 3.30. The largest absolute Gasteiger partial charge is 0.359 e. The van der Waals surface area contributed by atoms with Crippen molar-refractivity contribution in [2.45, 2.75) is 20.4 Å². The number of hydrogen-bond acceptors (Lipinski definition) is 3. The van der Waals surface area contributed by atoms with E-state index in [9.17, 15) is 0 Å². The fourth-order valence-corrected chi connectivity index (χ4v) is 1.59. The maximum atomic E-state index is 4.36. The summed E-state index contributed by atoms with van der Waals surface area (Å²) >= 11 is 0. The molecule has 80 valence electrons. The summed E-state index contributed by atoms with van der Waals surface area (Å²) in [5.74, 6) is 0.883. The van der Waals surface area contributed by atoms with Crippen LogP contribution in [-0.4, -0.2) is 26.8 Å². The van der Waals surface area contributed by atoms with Crippen LogP contribution in [-0.2, 0) is 6.54 Å². The van der Waals surface area contributed by atoms with E-state index in [-0.39, 0.29) is 0 Å². The van der Waals surface area contributed by atoms with Gasteiger partial charge in [-0.15, -0.1) is 0 Å². The zero-order valence-corrected chi connectivity index (χ0v) is 9.20. The van der Waals surface area contributed by atoms with Gasteiger partial charge in [0, 0.05) is 24.5 Å². The van der Waals surface area contributed by atoms with Crippen LogP contribution in [0, 0.1) is 13.8 Å². The van der Waals surface area contributed by atoms with Crippen molar-refractivity contribution >= 4 is 5.95 Å². The van der Waals surface area contributed by atoms with Crippen LogP contribution in [0.5, 0.6) is 0 Å². The Balaban J connectivity index is 2.27. The van der Waals surface area contributed by atoms with Gasteiger partial charge in [-0.3, -0.25) is 5.10 Å². The van der Waals surface area contributed by atoms with Gasteiger partial charge in [0.15, 0.2) is 0 Å². The summed E-state index contributed by atoms with van der Waals surface area (Å²) in [5, 5.41) is 10.00. The van der Waals surface area contributed by atoms with Crippen LogP contribution < -0.4 is 5.32 Å². The average molecular weight is 205 g/mol. The number of nitrogens with zero attached hydrogens (tertiary/aromatic N) is 3. The van der Waals surface area contributed by atoms with E-state index < -0.39 is 0 Å². The van der Waals surface area contributed by atoms with Gasteiger partial charge in [-0.25, -0.2) is 4.98 Å². The minimum atomic E-state index is 0.791. The van der Waals surface area contributed by atoms with Gasteiger partial charge in [0.25, 0.3) is 0 Å². The van der Waals surface area contributed by atoms with Crippen LogP contribution in [0.3, 0.4) is 0 Å². The third-order valence-corrected chi connectivity index (χ3v) is 2.40. The predicted molar refractivity (Wildman–Crippen MR) is 58.9 cm³/mol. The second-order valence-corrected chi connectivity index (χ2v) is 3.60. The van der Waals surface area contributed by atoms with Gasteiger partial charge in [0.05, 0.1) is 18.4 Å². The smallest absolute Gasteiger partial charge is 0.203 e. The molecule has 0 aromatic carbocycles. The lowest BCUT2D eigenvalue weighted by atomic mass is 10.2. The maximum absolute atomic E-state index is 4.36. The Morgan fingerprint density at radius 3 is 2.87 bits per heavy atom. The Morgan fingerprint density at radius 2 is 2.27 bits per heavy atom. The molecule has 2 heterocycles. The van der Waals surface area contributed by atoms with Crippen molar-refractivity contribution in [3.05, 3.63) is 29.3 Å². The fraction of sp³-hybridized carbons (Fsp3) is 0.400. The SMILES string of the molecule is CNc1nc(C)cn1Cc1cn[nH]c1C. The summed E-state index contributed by atoms with van der Waals surface area (Å²) < 4.78 is 2.08. The summed E-state index contributed by atoms with van der Waals surface area (Å²) in [4.78, 5) is 4.36. The molecule has 2 aromatic rings. The van der Waals surface area contributed by atoms with Gasteiger partial charge in [-0.05, 0) is 13.8 Å². The maximum Gasteiger partial charge on any atom is 0.203 e. The van der Waals surface area contributed by atoms with Crippen molar-refractivity contribution in [1.82, 2.24) is 19.7 Å². The van der Waals surface area contributed by atoms with Crippen molar-refractivity contribution in [3.8, 4) is 0 Å². The van der Waals surface area contributed by atoms with Gasteiger partial charge in [-0.1, -0.05) is 0 Å². The molecular weight excluding hydrogens is 190 g/mol. The zero-order valence-electron chi connectivity index (χ0n) is 9.20. The highest BCUT2D eigenvalue weighted by Crippen LogP contribution is 2.12. The number of aromatic amines is 1. The Morgan fingerprint density at radius 1 is 1.47 bits per heavy atom. The Labute approximate surface area is 88.5 Å². The highest BCUT2D eigenvalue weighted by atomic mass is 15.2. The molecule has 0 atom stereocenters. The molecule has 2 rings (SSSR count). The van der Waals surface area contributed by atoms with E-state index in [0.29, 0.717) is 0 Å². The van der Waals surface area contributed by atoms with E-state index in [1.807, 2.05) is 33.3 Å². The fourth-order valence-electron chi connectivity index (χ4n) is 1.59. The van der Waals surface area contributed by atoms with Crippen LogP contribution in [0.1, 0.15) is 17.0 Å². The molecule has 15 heavy (non-hydrogen) atoms. The first-order chi connectivity index (χ1) is 7.20.